The smallest absolute Gasteiger partial charge is 0.428 e. The fourth-order valence-corrected chi connectivity index (χ4v) is 4.95. The van der Waals surface area contributed by atoms with Gasteiger partial charge in [-0.3, -0.25) is 67.1 Å². The number of hydrogen-bond donors (Lipinski definition) is 0. The maximum Gasteiger partial charge on any atom is 0.491 e. The second-order valence-corrected chi connectivity index (χ2v) is 17.3. The molecule has 0 amide bonds. The Morgan fingerprint density at radius 2 is 0.380 bits per heavy atom. The topological polar surface area (TPSA) is 421 Å². The molecule has 0 N–H and O–H groups in total. The fraction of sp³-hybridized carbons (Fsp3) is 0.704. The standard InChI is InChI=1S/C16H26O8.C14H22O8.C12H12F6O8.C12H18O8/c1-3-7-13(17)21-11-23-15(19)9-5-6-10-16(20)24-12-22-14(18)8-4-2;1-3-11(15)19-9-21-13(17)7-5-6-8-14(18)22-10-20-12(16)4-2;13-11(14,15)9(21)25-5-23-7(19)3-1-2-4-8(20)24-6-26-10(22)12(16,17)18;1-9(13)17-7-19-11(15)5-3-4-6-12(16)20-8-18-10(2)14/h3-12H2,1-2H3;3-10H2,1-2H3;1-6H2;3-8H2,1-2H3. The van der Waals surface area contributed by atoms with E-state index in [2.05, 4.69) is 66.3 Å². The monoisotopic (exact) mass is 1350 g/mol. The summed E-state index contributed by atoms with van der Waals surface area (Å²) in [5.41, 5.74) is 0. The zero-order chi connectivity index (χ0) is 70.8. The first-order valence-corrected chi connectivity index (χ1v) is 27.9. The molecule has 0 radical (unpaired) electrons. The summed E-state index contributed by atoms with van der Waals surface area (Å²) in [5.74, 6) is -12.9. The largest absolute Gasteiger partial charge is 0.491 e. The maximum absolute atomic E-state index is 11.7. The molecule has 0 rings (SSSR count). The molecule has 32 nitrogen and oxygen atoms in total. The number of rotatable bonds is 42. The van der Waals surface area contributed by atoms with Gasteiger partial charge in [-0.05, 0) is 64.2 Å². The normalized spacial score (nSPS) is 10.2. The third-order valence-corrected chi connectivity index (χ3v) is 9.54. The van der Waals surface area contributed by atoms with Crippen molar-refractivity contribution in [3.63, 3.8) is 0 Å². The number of unbranched alkanes of at least 4 members (excludes halogenated alkanes) is 4. The molecule has 38 heteroatoms. The van der Waals surface area contributed by atoms with Gasteiger partial charge in [0.05, 0.1) is 0 Å². The van der Waals surface area contributed by atoms with E-state index in [0.29, 0.717) is 51.4 Å². The Labute approximate surface area is 522 Å². The van der Waals surface area contributed by atoms with Crippen molar-refractivity contribution in [2.24, 2.45) is 0 Å². The molecule has 0 unspecified atom stereocenters. The summed E-state index contributed by atoms with van der Waals surface area (Å²) < 4.78 is 141. The Hall–Kier alpha value is -8.90. The van der Waals surface area contributed by atoms with Crippen LogP contribution in [-0.2, 0) is 153 Å². The molecule has 0 aromatic heterocycles. The minimum absolute atomic E-state index is 0.0174. The van der Waals surface area contributed by atoms with E-state index in [1.54, 1.807) is 13.8 Å². The zero-order valence-electron chi connectivity index (χ0n) is 51.5. The second kappa shape index (κ2) is 57.3. The van der Waals surface area contributed by atoms with Crippen molar-refractivity contribution in [3.8, 4) is 0 Å². The minimum Gasteiger partial charge on any atom is -0.428 e. The summed E-state index contributed by atoms with van der Waals surface area (Å²) in [4.78, 5) is 175. The molecule has 0 aromatic rings. The van der Waals surface area contributed by atoms with E-state index in [-0.39, 0.29) is 103 Å². The minimum atomic E-state index is -5.22. The first kappa shape index (κ1) is 89.5. The first-order valence-electron chi connectivity index (χ1n) is 27.9. The van der Waals surface area contributed by atoms with Crippen molar-refractivity contribution in [2.45, 2.75) is 195 Å². The predicted molar refractivity (Wildman–Crippen MR) is 284 cm³/mol. The molecule has 0 aliphatic carbocycles. The van der Waals surface area contributed by atoms with Gasteiger partial charge in [-0.2, -0.15) is 26.3 Å². The van der Waals surface area contributed by atoms with Crippen LogP contribution < -0.4 is 0 Å². The Morgan fingerprint density at radius 1 is 0.228 bits per heavy atom. The lowest BCUT2D eigenvalue weighted by Crippen LogP contribution is -2.27. The molecule has 0 saturated heterocycles. The molecule has 0 fully saturated rings. The van der Waals surface area contributed by atoms with E-state index in [1.165, 1.54) is 13.8 Å². The van der Waals surface area contributed by atoms with Crippen LogP contribution in [0.2, 0.25) is 0 Å². The molecule has 0 bridgehead atoms. The van der Waals surface area contributed by atoms with Crippen molar-refractivity contribution in [2.75, 3.05) is 54.3 Å². The summed E-state index contributed by atoms with van der Waals surface area (Å²) >= 11 is 0. The van der Waals surface area contributed by atoms with E-state index in [9.17, 15) is 103 Å². The Kier molecular flexibility index (Phi) is 55.7. The van der Waals surface area contributed by atoms with Gasteiger partial charge in [0.25, 0.3) is 0 Å². The van der Waals surface area contributed by atoms with Gasteiger partial charge in [-0.15, -0.1) is 0 Å². The quantitative estimate of drug-likeness (QED) is 0.0218. The zero-order valence-corrected chi connectivity index (χ0v) is 51.5. The van der Waals surface area contributed by atoms with E-state index >= 15 is 0 Å². The van der Waals surface area contributed by atoms with Gasteiger partial charge >= 0.3 is 108 Å². The molecule has 0 aliphatic heterocycles. The van der Waals surface area contributed by atoms with Gasteiger partial charge in [0.15, 0.2) is 0 Å². The lowest BCUT2D eigenvalue weighted by atomic mass is 10.2. The fourth-order valence-electron chi connectivity index (χ4n) is 4.95. The van der Waals surface area contributed by atoms with Crippen LogP contribution in [0.4, 0.5) is 26.3 Å². The molecule has 92 heavy (non-hydrogen) atoms. The molecule has 528 valence electrons. The average Bonchev–Trinajstić information content (AvgIpc) is 1.97. The number of hydrogen-bond acceptors (Lipinski definition) is 32. The van der Waals surface area contributed by atoms with Crippen molar-refractivity contribution in [1.29, 1.82) is 0 Å². The third-order valence-electron chi connectivity index (χ3n) is 9.54. The molecule has 0 aliphatic rings. The van der Waals surface area contributed by atoms with Crippen LogP contribution in [0.25, 0.3) is 0 Å². The number of carbonyl (C=O) groups excluding carboxylic acids is 16. The van der Waals surface area contributed by atoms with Crippen LogP contribution in [0, 0.1) is 0 Å². The van der Waals surface area contributed by atoms with Crippen molar-refractivity contribution < 1.29 is 179 Å². The highest BCUT2D eigenvalue weighted by Gasteiger charge is 2.42. The van der Waals surface area contributed by atoms with E-state index in [1.807, 2.05) is 13.8 Å². The molecule has 0 saturated carbocycles. The molecule has 0 atom stereocenters. The van der Waals surface area contributed by atoms with Crippen molar-refractivity contribution in [3.05, 3.63) is 0 Å². The average molecular weight is 1350 g/mol. The SMILES string of the molecule is CC(=O)OCOC(=O)CCCCC(=O)OCOC(C)=O.CCC(=O)OCOC(=O)CCCCC(=O)OCOC(=O)CC.CCCC(=O)OCOC(=O)CCCCC(=O)OCOC(=O)CCC.O=C(CCCCC(=O)OCOC(=O)C(F)(F)F)OCOC(=O)C(F)(F)F. The number of esters is 16. The molecular weight excluding hydrogens is 1270 g/mol. The summed E-state index contributed by atoms with van der Waals surface area (Å²) in [6.07, 6.45) is -5.45. The van der Waals surface area contributed by atoms with Gasteiger partial charge in [-0.1, -0.05) is 27.7 Å². The van der Waals surface area contributed by atoms with E-state index in [0.717, 1.165) is 0 Å². The van der Waals surface area contributed by atoms with Crippen LogP contribution >= 0.6 is 0 Å². The lowest BCUT2D eigenvalue weighted by Gasteiger charge is -2.08. The molecule has 0 spiro atoms. The third kappa shape index (κ3) is 65.5. The molecular formula is C54H78F6O32. The summed E-state index contributed by atoms with van der Waals surface area (Å²) in [5, 5.41) is 0. The molecule has 0 aromatic carbocycles. The van der Waals surface area contributed by atoms with Crippen LogP contribution in [0.3, 0.4) is 0 Å². The lowest BCUT2D eigenvalue weighted by molar-refractivity contribution is -0.210. The number of ether oxygens (including phenoxy) is 16. The van der Waals surface area contributed by atoms with Gasteiger partial charge in [0, 0.05) is 90.9 Å². The highest BCUT2D eigenvalue weighted by atomic mass is 19.4. The van der Waals surface area contributed by atoms with Crippen molar-refractivity contribution >= 4 is 95.5 Å². The summed E-state index contributed by atoms with van der Waals surface area (Å²) in [7, 11) is 0. The highest BCUT2D eigenvalue weighted by Crippen LogP contribution is 2.18. The maximum atomic E-state index is 11.7. The Bertz CT molecular complexity index is 2120. The van der Waals surface area contributed by atoms with Gasteiger partial charge < -0.3 is 75.8 Å². The van der Waals surface area contributed by atoms with Crippen LogP contribution in [-0.4, -0.2) is 162 Å². The van der Waals surface area contributed by atoms with E-state index < -0.39 is 149 Å². The van der Waals surface area contributed by atoms with Crippen LogP contribution in [0.15, 0.2) is 0 Å². The van der Waals surface area contributed by atoms with Crippen LogP contribution in [0.1, 0.15) is 183 Å². The Morgan fingerprint density at radius 3 is 0.533 bits per heavy atom. The molecule has 0 heterocycles. The van der Waals surface area contributed by atoms with Gasteiger partial charge in [-0.25, -0.2) is 9.59 Å². The van der Waals surface area contributed by atoms with Gasteiger partial charge in [0.1, 0.15) is 0 Å². The second-order valence-electron chi connectivity index (χ2n) is 17.3. The number of halogens is 6. The number of carbonyl (C=O) groups is 16. The van der Waals surface area contributed by atoms with Crippen LogP contribution in [0.5, 0.6) is 0 Å². The van der Waals surface area contributed by atoms with Crippen molar-refractivity contribution in [1.82, 2.24) is 0 Å². The first-order chi connectivity index (χ1) is 43.2. The Balaban J connectivity index is -0.000000564. The summed E-state index contributed by atoms with van der Waals surface area (Å²) in [6.45, 7) is 4.52. The highest BCUT2D eigenvalue weighted by molar-refractivity contribution is 5.77. The summed E-state index contributed by atoms with van der Waals surface area (Å²) in [6, 6.07) is 0. The van der Waals surface area contributed by atoms with Gasteiger partial charge in [0.2, 0.25) is 54.3 Å². The number of alkyl halides is 6. The van der Waals surface area contributed by atoms with E-state index in [4.69, 9.17) is 9.47 Å². The predicted octanol–water partition coefficient (Wildman–Crippen LogP) is 6.12.